The van der Waals surface area contributed by atoms with Gasteiger partial charge in [-0.25, -0.2) is 0 Å². The Morgan fingerprint density at radius 1 is 1.50 bits per heavy atom. The lowest BCUT2D eigenvalue weighted by atomic mass is 10.2. The number of thiocarbonyl (C=S) groups is 1. The van der Waals surface area contributed by atoms with Crippen LogP contribution in [0.5, 0.6) is 0 Å². The van der Waals surface area contributed by atoms with Crippen molar-refractivity contribution in [3.05, 3.63) is 35.9 Å². The predicted octanol–water partition coefficient (Wildman–Crippen LogP) is 3.02. The van der Waals surface area contributed by atoms with E-state index in [0.29, 0.717) is 6.42 Å². The molecule has 0 N–H and O–H groups in total. The van der Waals surface area contributed by atoms with Crippen molar-refractivity contribution >= 4 is 35.4 Å². The molecule has 2 nitrogen and oxygen atoms in total. The summed E-state index contributed by atoms with van der Waals surface area (Å²) in [5, 5.41) is 2.31. The van der Waals surface area contributed by atoms with Gasteiger partial charge in [-0.1, -0.05) is 24.3 Å². The van der Waals surface area contributed by atoms with E-state index in [4.69, 9.17) is 0 Å². The summed E-state index contributed by atoms with van der Waals surface area (Å²) < 4.78 is 0. The average molecular weight is 203 g/mol. The SMILES string of the molecule is O=CCC=Cc1cccc(N=C=S)c1. The van der Waals surface area contributed by atoms with Crippen LogP contribution in [0, 0.1) is 0 Å². The summed E-state index contributed by atoms with van der Waals surface area (Å²) in [6, 6.07) is 7.53. The summed E-state index contributed by atoms with van der Waals surface area (Å²) in [6.07, 6.45) is 4.96. The van der Waals surface area contributed by atoms with Gasteiger partial charge in [0.1, 0.15) is 6.29 Å². The van der Waals surface area contributed by atoms with Gasteiger partial charge in [-0.3, -0.25) is 0 Å². The van der Waals surface area contributed by atoms with Crippen molar-refractivity contribution in [1.82, 2.24) is 0 Å². The van der Waals surface area contributed by atoms with Gasteiger partial charge in [0.25, 0.3) is 0 Å². The third-order valence-corrected chi connectivity index (χ3v) is 1.68. The number of nitrogens with zero attached hydrogens (tertiary/aromatic N) is 1. The normalized spacial score (nSPS) is 9.71. The summed E-state index contributed by atoms with van der Waals surface area (Å²) in [6.45, 7) is 0. The van der Waals surface area contributed by atoms with E-state index in [2.05, 4.69) is 22.4 Å². The van der Waals surface area contributed by atoms with Crippen molar-refractivity contribution in [1.29, 1.82) is 0 Å². The largest absolute Gasteiger partial charge is 0.303 e. The number of carbonyl (C=O) groups excluding carboxylic acids is 1. The van der Waals surface area contributed by atoms with Gasteiger partial charge in [-0.05, 0) is 29.9 Å². The van der Waals surface area contributed by atoms with Crippen LogP contribution in [0.25, 0.3) is 6.08 Å². The van der Waals surface area contributed by atoms with Crippen LogP contribution in [0.15, 0.2) is 35.3 Å². The number of isothiocyanates is 1. The number of aliphatic imine (C=N–C) groups is 1. The fourth-order valence-electron chi connectivity index (χ4n) is 1.01. The Labute approximate surface area is 88.0 Å². The Bertz CT molecular complexity index is 392. The fourth-order valence-corrected chi connectivity index (χ4v) is 1.12. The number of benzene rings is 1. The summed E-state index contributed by atoms with van der Waals surface area (Å²) in [5.74, 6) is 0. The Balaban J connectivity index is 2.82. The van der Waals surface area contributed by atoms with Crippen LogP contribution >= 0.6 is 12.2 Å². The van der Waals surface area contributed by atoms with Crippen LogP contribution in [-0.2, 0) is 4.79 Å². The quantitative estimate of drug-likeness (QED) is 0.427. The zero-order chi connectivity index (χ0) is 10.2. The average Bonchev–Trinajstić information content (AvgIpc) is 2.19. The molecule has 0 heterocycles. The van der Waals surface area contributed by atoms with Gasteiger partial charge in [-0.15, -0.1) is 0 Å². The van der Waals surface area contributed by atoms with Crippen molar-refractivity contribution < 1.29 is 4.79 Å². The van der Waals surface area contributed by atoms with Gasteiger partial charge in [0.2, 0.25) is 0 Å². The first-order valence-corrected chi connectivity index (χ1v) is 4.56. The van der Waals surface area contributed by atoms with Gasteiger partial charge in [0.15, 0.2) is 0 Å². The lowest BCUT2D eigenvalue weighted by Crippen LogP contribution is -1.72. The van der Waals surface area contributed by atoms with Crippen molar-refractivity contribution in [3.8, 4) is 0 Å². The third kappa shape index (κ3) is 3.44. The molecule has 0 aliphatic carbocycles. The highest BCUT2D eigenvalue weighted by molar-refractivity contribution is 7.78. The monoisotopic (exact) mass is 203 g/mol. The maximum absolute atomic E-state index is 10.1. The van der Waals surface area contributed by atoms with E-state index in [-0.39, 0.29) is 0 Å². The maximum atomic E-state index is 10.1. The molecule has 14 heavy (non-hydrogen) atoms. The molecule has 3 heteroatoms. The van der Waals surface area contributed by atoms with Gasteiger partial charge >= 0.3 is 0 Å². The summed E-state index contributed by atoms with van der Waals surface area (Å²) in [5.41, 5.74) is 1.77. The van der Waals surface area contributed by atoms with Gasteiger partial charge in [-0.2, -0.15) is 4.99 Å². The van der Waals surface area contributed by atoms with E-state index in [0.717, 1.165) is 17.5 Å². The second-order valence-electron chi connectivity index (χ2n) is 2.60. The number of hydrogen-bond donors (Lipinski definition) is 0. The molecule has 0 aromatic heterocycles. The topological polar surface area (TPSA) is 29.4 Å². The second-order valence-corrected chi connectivity index (χ2v) is 2.79. The number of hydrogen-bond acceptors (Lipinski definition) is 3. The van der Waals surface area contributed by atoms with Gasteiger partial charge in [0, 0.05) is 6.42 Å². The first-order valence-electron chi connectivity index (χ1n) is 4.15. The van der Waals surface area contributed by atoms with E-state index < -0.39 is 0 Å². The van der Waals surface area contributed by atoms with Crippen molar-refractivity contribution in [3.63, 3.8) is 0 Å². The smallest absolute Gasteiger partial charge is 0.123 e. The zero-order valence-corrected chi connectivity index (χ0v) is 8.33. The van der Waals surface area contributed by atoms with E-state index in [1.165, 1.54) is 0 Å². The molecular formula is C11H9NOS. The van der Waals surface area contributed by atoms with Crippen LogP contribution in [0.3, 0.4) is 0 Å². The van der Waals surface area contributed by atoms with Crippen LogP contribution in [0.1, 0.15) is 12.0 Å². The molecule has 1 aromatic carbocycles. The van der Waals surface area contributed by atoms with E-state index in [9.17, 15) is 4.79 Å². The molecule has 0 aliphatic heterocycles. The highest BCUT2D eigenvalue weighted by Gasteiger charge is 1.89. The zero-order valence-electron chi connectivity index (χ0n) is 7.51. The van der Waals surface area contributed by atoms with E-state index in [1.807, 2.05) is 30.3 Å². The molecule has 0 amide bonds. The molecule has 0 bridgehead atoms. The molecule has 0 atom stereocenters. The van der Waals surface area contributed by atoms with Gasteiger partial charge in [0.05, 0.1) is 10.8 Å². The van der Waals surface area contributed by atoms with Crippen LogP contribution in [-0.4, -0.2) is 11.4 Å². The Morgan fingerprint density at radius 2 is 2.36 bits per heavy atom. The number of rotatable bonds is 4. The Kier molecular flexibility index (Phi) is 4.48. The molecule has 1 rings (SSSR count). The van der Waals surface area contributed by atoms with E-state index in [1.54, 1.807) is 6.08 Å². The maximum Gasteiger partial charge on any atom is 0.123 e. The highest BCUT2D eigenvalue weighted by atomic mass is 32.1. The summed E-state index contributed by atoms with van der Waals surface area (Å²) in [4.78, 5) is 13.9. The van der Waals surface area contributed by atoms with Crippen molar-refractivity contribution in [2.45, 2.75) is 6.42 Å². The lowest BCUT2D eigenvalue weighted by Gasteiger charge is -1.93. The minimum Gasteiger partial charge on any atom is -0.303 e. The standard InChI is InChI=1S/C11H9NOS/c13-7-2-1-4-10-5-3-6-11(8-10)12-9-14/h1,3-8H,2H2. The van der Waals surface area contributed by atoms with Crippen LogP contribution in [0.2, 0.25) is 0 Å². The molecule has 0 aliphatic rings. The molecule has 0 spiro atoms. The third-order valence-electron chi connectivity index (χ3n) is 1.59. The molecule has 0 fully saturated rings. The molecule has 0 unspecified atom stereocenters. The highest BCUT2D eigenvalue weighted by Crippen LogP contribution is 2.14. The molecule has 0 radical (unpaired) electrons. The Morgan fingerprint density at radius 3 is 3.07 bits per heavy atom. The molecule has 70 valence electrons. The number of aldehydes is 1. The second kappa shape index (κ2) is 5.97. The molecule has 0 saturated carbocycles. The van der Waals surface area contributed by atoms with Crippen LogP contribution in [0.4, 0.5) is 5.69 Å². The van der Waals surface area contributed by atoms with Crippen LogP contribution < -0.4 is 0 Å². The fraction of sp³-hybridized carbons (Fsp3) is 0.0909. The predicted molar refractivity (Wildman–Crippen MR) is 60.8 cm³/mol. The van der Waals surface area contributed by atoms with Crippen molar-refractivity contribution in [2.75, 3.05) is 0 Å². The molecular weight excluding hydrogens is 194 g/mol. The van der Waals surface area contributed by atoms with Gasteiger partial charge < -0.3 is 4.79 Å². The summed E-state index contributed by atoms with van der Waals surface area (Å²) in [7, 11) is 0. The van der Waals surface area contributed by atoms with Crippen molar-refractivity contribution in [2.24, 2.45) is 4.99 Å². The first-order chi connectivity index (χ1) is 6.86. The minimum absolute atomic E-state index is 0.431. The number of carbonyl (C=O) groups is 1. The number of allylic oxidation sites excluding steroid dienone is 1. The first kappa shape index (κ1) is 10.5. The minimum atomic E-state index is 0.431. The molecule has 0 saturated heterocycles. The Hall–Kier alpha value is -1.57. The lowest BCUT2D eigenvalue weighted by molar-refractivity contribution is -0.107. The van der Waals surface area contributed by atoms with E-state index >= 15 is 0 Å². The summed E-state index contributed by atoms with van der Waals surface area (Å²) >= 11 is 4.50. The molecule has 1 aromatic rings.